The third-order valence-corrected chi connectivity index (χ3v) is 5.82. The molecule has 0 saturated carbocycles. The van der Waals surface area contributed by atoms with Gasteiger partial charge < -0.3 is 14.1 Å². The van der Waals surface area contributed by atoms with Gasteiger partial charge >= 0.3 is 0 Å². The fourth-order valence-corrected chi connectivity index (χ4v) is 4.07. The number of hydrogen-bond donors (Lipinski definition) is 1. The average Bonchev–Trinajstić information content (AvgIpc) is 3.15. The molecule has 0 radical (unpaired) electrons. The van der Waals surface area contributed by atoms with Crippen molar-refractivity contribution < 1.29 is 14.4 Å². The van der Waals surface area contributed by atoms with E-state index in [2.05, 4.69) is 4.98 Å². The van der Waals surface area contributed by atoms with E-state index in [1.165, 1.54) is 30.3 Å². The summed E-state index contributed by atoms with van der Waals surface area (Å²) in [7, 11) is 1.82. The van der Waals surface area contributed by atoms with Crippen LogP contribution in [0, 0.1) is 10.1 Å². The Labute approximate surface area is 187 Å². The first-order valence-electron chi connectivity index (χ1n) is 10.4. The highest BCUT2D eigenvalue weighted by Crippen LogP contribution is 2.35. The second-order valence-corrected chi connectivity index (χ2v) is 7.75. The van der Waals surface area contributed by atoms with Crippen LogP contribution >= 0.6 is 0 Å². The Morgan fingerprint density at radius 1 is 1.12 bits per heavy atom. The van der Waals surface area contributed by atoms with Gasteiger partial charge in [0.1, 0.15) is 28.5 Å². The van der Waals surface area contributed by atoms with Crippen molar-refractivity contribution in [2.24, 2.45) is 7.05 Å². The number of non-ortho nitro benzene ring substituents is 1. The molecule has 0 bridgehead atoms. The van der Waals surface area contributed by atoms with Gasteiger partial charge in [-0.1, -0.05) is 19.1 Å². The second-order valence-electron chi connectivity index (χ2n) is 7.75. The maximum Gasteiger partial charge on any atom is 0.269 e. The molecule has 0 spiro atoms. The molecular formula is C25H19N3O5. The third-order valence-electron chi connectivity index (χ3n) is 5.82. The smallest absolute Gasteiger partial charge is 0.269 e. The molecule has 5 rings (SSSR count). The van der Waals surface area contributed by atoms with E-state index in [1.807, 2.05) is 42.8 Å². The predicted octanol–water partition coefficient (Wildman–Crippen LogP) is 5.19. The zero-order valence-electron chi connectivity index (χ0n) is 17.9. The van der Waals surface area contributed by atoms with E-state index in [0.29, 0.717) is 28.8 Å². The summed E-state index contributed by atoms with van der Waals surface area (Å²) in [4.78, 5) is 29.1. The topological polar surface area (TPSA) is 111 Å². The van der Waals surface area contributed by atoms with Crippen LogP contribution in [-0.4, -0.2) is 19.6 Å². The van der Waals surface area contributed by atoms with E-state index in [-0.39, 0.29) is 33.8 Å². The van der Waals surface area contributed by atoms with Gasteiger partial charge in [-0.05, 0) is 42.3 Å². The Morgan fingerprint density at radius 3 is 2.52 bits per heavy atom. The second kappa shape index (κ2) is 7.59. The van der Waals surface area contributed by atoms with Crippen molar-refractivity contribution in [3.05, 3.63) is 86.6 Å². The first-order chi connectivity index (χ1) is 15.9. The lowest BCUT2D eigenvalue weighted by Crippen LogP contribution is -2.11. The van der Waals surface area contributed by atoms with Gasteiger partial charge in [-0.2, -0.15) is 0 Å². The number of imidazole rings is 1. The van der Waals surface area contributed by atoms with Gasteiger partial charge in [0, 0.05) is 30.8 Å². The van der Waals surface area contributed by atoms with Gasteiger partial charge in [0.25, 0.3) is 5.69 Å². The summed E-state index contributed by atoms with van der Waals surface area (Å²) in [5.74, 6) is 0.689. The monoisotopic (exact) mass is 441 g/mol. The minimum absolute atomic E-state index is 0.0401. The van der Waals surface area contributed by atoms with Crippen LogP contribution in [0.2, 0.25) is 0 Å². The van der Waals surface area contributed by atoms with Crippen LogP contribution in [0.3, 0.4) is 0 Å². The van der Waals surface area contributed by atoms with Crippen molar-refractivity contribution in [3.63, 3.8) is 0 Å². The Morgan fingerprint density at radius 2 is 1.85 bits per heavy atom. The summed E-state index contributed by atoms with van der Waals surface area (Å²) < 4.78 is 7.99. The maximum atomic E-state index is 13.8. The zero-order valence-corrected chi connectivity index (χ0v) is 17.9. The van der Waals surface area contributed by atoms with Crippen molar-refractivity contribution in [1.82, 2.24) is 9.55 Å². The highest BCUT2D eigenvalue weighted by Gasteiger charge is 2.23. The van der Waals surface area contributed by atoms with Crippen LogP contribution in [0.1, 0.15) is 12.5 Å². The number of aryl methyl sites for hydroxylation is 2. The fourth-order valence-electron chi connectivity index (χ4n) is 4.07. The molecule has 0 aliphatic heterocycles. The van der Waals surface area contributed by atoms with Crippen LogP contribution in [0.5, 0.6) is 5.75 Å². The molecular weight excluding hydrogens is 422 g/mol. The standard InChI is InChI=1S/C25H19N3O5/c1-3-14-12-17-21(13-20(14)29)33-24(15-8-10-16(11-9-15)28(31)32)22(23(17)30)25-26-18-6-4-5-7-19(18)27(25)2/h4-13,29H,3H2,1-2H3. The largest absolute Gasteiger partial charge is 0.508 e. The minimum Gasteiger partial charge on any atom is -0.508 e. The van der Waals surface area contributed by atoms with Crippen LogP contribution < -0.4 is 5.43 Å². The molecule has 3 aromatic carbocycles. The summed E-state index contributed by atoms with van der Waals surface area (Å²) in [5.41, 5.74) is 2.81. The summed E-state index contributed by atoms with van der Waals surface area (Å²) in [6, 6.07) is 16.4. The van der Waals surface area contributed by atoms with Crippen molar-refractivity contribution in [2.45, 2.75) is 13.3 Å². The highest BCUT2D eigenvalue weighted by atomic mass is 16.6. The van der Waals surface area contributed by atoms with E-state index >= 15 is 0 Å². The molecule has 8 heteroatoms. The number of phenols is 1. The van der Waals surface area contributed by atoms with Gasteiger partial charge in [-0.25, -0.2) is 4.98 Å². The van der Waals surface area contributed by atoms with E-state index in [9.17, 15) is 20.0 Å². The minimum atomic E-state index is -0.489. The molecule has 2 aromatic heterocycles. The Kier molecular flexibility index (Phi) is 4.70. The number of phenolic OH excluding ortho intramolecular Hbond substituents is 1. The molecule has 0 saturated heterocycles. The number of nitro benzene ring substituents is 1. The van der Waals surface area contributed by atoms with Crippen LogP contribution in [0.15, 0.2) is 69.9 Å². The van der Waals surface area contributed by atoms with E-state index < -0.39 is 4.92 Å². The van der Waals surface area contributed by atoms with Crippen LogP contribution in [0.4, 0.5) is 5.69 Å². The van der Waals surface area contributed by atoms with Crippen LogP contribution in [0.25, 0.3) is 44.7 Å². The number of rotatable bonds is 4. The Balaban J connectivity index is 1.88. The fraction of sp³-hybridized carbons (Fsp3) is 0.120. The summed E-state index contributed by atoms with van der Waals surface area (Å²) in [6.07, 6.45) is 0.549. The summed E-state index contributed by atoms with van der Waals surface area (Å²) >= 11 is 0. The summed E-state index contributed by atoms with van der Waals surface area (Å²) in [6.45, 7) is 1.89. The van der Waals surface area contributed by atoms with Crippen molar-refractivity contribution >= 4 is 27.7 Å². The molecule has 2 heterocycles. The molecule has 0 aliphatic rings. The predicted molar refractivity (Wildman–Crippen MR) is 125 cm³/mol. The van der Waals surface area contributed by atoms with E-state index in [0.717, 1.165) is 11.0 Å². The van der Waals surface area contributed by atoms with Crippen molar-refractivity contribution in [2.75, 3.05) is 0 Å². The molecule has 8 nitrogen and oxygen atoms in total. The highest BCUT2D eigenvalue weighted by molar-refractivity contribution is 5.91. The number of aromatic nitrogens is 2. The SMILES string of the molecule is CCc1cc2c(=O)c(-c3nc4ccccc4n3C)c(-c3ccc([N+](=O)[O-])cc3)oc2cc1O. The number of para-hydroxylation sites is 2. The third kappa shape index (κ3) is 3.23. The number of nitro groups is 1. The molecule has 1 N–H and O–H groups in total. The molecule has 0 fully saturated rings. The average molecular weight is 441 g/mol. The number of fused-ring (bicyclic) bond motifs is 2. The van der Waals surface area contributed by atoms with Gasteiger partial charge in [-0.15, -0.1) is 0 Å². The zero-order chi connectivity index (χ0) is 23.3. The number of hydrogen-bond acceptors (Lipinski definition) is 6. The number of benzene rings is 3. The molecule has 33 heavy (non-hydrogen) atoms. The van der Waals surface area contributed by atoms with Crippen molar-refractivity contribution in [1.29, 1.82) is 0 Å². The number of aromatic hydroxyl groups is 1. The van der Waals surface area contributed by atoms with Crippen LogP contribution in [-0.2, 0) is 13.5 Å². The molecule has 0 atom stereocenters. The van der Waals surface area contributed by atoms with E-state index in [1.54, 1.807) is 6.07 Å². The van der Waals surface area contributed by atoms with Gasteiger partial charge in [0.15, 0.2) is 0 Å². The van der Waals surface area contributed by atoms with Gasteiger partial charge in [0.05, 0.1) is 21.3 Å². The molecule has 0 unspecified atom stereocenters. The normalized spacial score (nSPS) is 11.3. The molecule has 5 aromatic rings. The first kappa shape index (κ1) is 20.4. The van der Waals surface area contributed by atoms with Gasteiger partial charge in [0.2, 0.25) is 5.43 Å². The molecule has 164 valence electrons. The Bertz CT molecular complexity index is 1610. The molecule has 0 amide bonds. The maximum absolute atomic E-state index is 13.8. The lowest BCUT2D eigenvalue weighted by Gasteiger charge is -2.12. The lowest BCUT2D eigenvalue weighted by atomic mass is 10.0. The van der Waals surface area contributed by atoms with Gasteiger partial charge in [-0.3, -0.25) is 14.9 Å². The first-order valence-corrected chi connectivity index (χ1v) is 10.4. The quantitative estimate of drug-likeness (QED) is 0.303. The number of nitrogens with zero attached hydrogens (tertiary/aromatic N) is 3. The summed E-state index contributed by atoms with van der Waals surface area (Å²) in [5, 5.41) is 21.8. The lowest BCUT2D eigenvalue weighted by molar-refractivity contribution is -0.384. The van der Waals surface area contributed by atoms with E-state index in [4.69, 9.17) is 4.42 Å². The Hall–Kier alpha value is -4.46. The van der Waals surface area contributed by atoms with Crippen molar-refractivity contribution in [3.8, 4) is 28.5 Å². The molecule has 0 aliphatic carbocycles.